The maximum Gasteiger partial charge on any atom is 0.124 e. The fraction of sp³-hybridized carbons (Fsp3) is 0.647. The van der Waals surface area contributed by atoms with Gasteiger partial charge < -0.3 is 10.5 Å². The molecular weight excluding hydrogens is 234 g/mol. The second kappa shape index (κ2) is 8.98. The summed E-state index contributed by atoms with van der Waals surface area (Å²) in [4.78, 5) is 0. The molecule has 0 amide bonds. The van der Waals surface area contributed by atoms with Gasteiger partial charge in [0.2, 0.25) is 0 Å². The monoisotopic (exact) mass is 263 g/mol. The topological polar surface area (TPSA) is 35.2 Å². The minimum atomic E-state index is 0.0279. The Kier molecular flexibility index (Phi) is 7.57. The molecule has 108 valence electrons. The highest BCUT2D eigenvalue weighted by Gasteiger charge is 2.08. The molecular formula is C17H29NO. The summed E-state index contributed by atoms with van der Waals surface area (Å²) >= 11 is 0. The lowest BCUT2D eigenvalue weighted by Crippen LogP contribution is -2.09. The fourth-order valence-corrected chi connectivity index (χ4v) is 2.21. The minimum Gasteiger partial charge on any atom is -0.493 e. The van der Waals surface area contributed by atoms with E-state index in [4.69, 9.17) is 10.5 Å². The Bertz CT molecular complexity index is 360. The molecule has 0 unspecified atom stereocenters. The summed E-state index contributed by atoms with van der Waals surface area (Å²) < 4.78 is 5.91. The van der Waals surface area contributed by atoms with E-state index < -0.39 is 0 Å². The predicted octanol–water partition coefficient (Wildman–Crippen LogP) is 4.75. The number of unbranched alkanes of at least 4 members (excludes halogenated alkanes) is 5. The summed E-state index contributed by atoms with van der Waals surface area (Å²) in [5, 5.41) is 0. The van der Waals surface area contributed by atoms with Crippen LogP contribution < -0.4 is 10.5 Å². The first-order chi connectivity index (χ1) is 9.15. The van der Waals surface area contributed by atoms with Gasteiger partial charge >= 0.3 is 0 Å². The average Bonchev–Trinajstić information content (AvgIpc) is 2.37. The Morgan fingerprint density at radius 2 is 1.79 bits per heavy atom. The normalized spacial score (nSPS) is 12.4. The number of rotatable bonds is 9. The third-order valence-corrected chi connectivity index (χ3v) is 3.42. The summed E-state index contributed by atoms with van der Waals surface area (Å²) in [5.74, 6) is 0.962. The molecule has 1 aromatic rings. The standard InChI is InChI=1S/C17H29NO/c1-4-5-6-7-8-9-12-19-17-13-14(2)10-11-16(17)15(3)18/h10-11,13,15H,4-9,12,18H2,1-3H3/t15-/m0/s1. The van der Waals surface area contributed by atoms with Gasteiger partial charge in [-0.05, 0) is 31.9 Å². The molecule has 0 bridgehead atoms. The SMILES string of the molecule is CCCCCCCCOc1cc(C)ccc1[C@H](C)N. The predicted molar refractivity (Wildman–Crippen MR) is 82.7 cm³/mol. The fourth-order valence-electron chi connectivity index (χ4n) is 2.21. The number of ether oxygens (including phenoxy) is 1. The van der Waals surface area contributed by atoms with Crippen LogP contribution in [-0.4, -0.2) is 6.61 Å². The number of nitrogens with two attached hydrogens (primary N) is 1. The molecule has 1 rings (SSSR count). The van der Waals surface area contributed by atoms with Crippen LogP contribution in [0, 0.1) is 6.92 Å². The summed E-state index contributed by atoms with van der Waals surface area (Å²) in [6.45, 7) is 7.14. The van der Waals surface area contributed by atoms with Gasteiger partial charge in [0.05, 0.1) is 6.61 Å². The van der Waals surface area contributed by atoms with Crippen LogP contribution in [0.15, 0.2) is 18.2 Å². The van der Waals surface area contributed by atoms with Crippen molar-refractivity contribution in [3.63, 3.8) is 0 Å². The molecule has 1 aromatic carbocycles. The average molecular weight is 263 g/mol. The van der Waals surface area contributed by atoms with E-state index in [-0.39, 0.29) is 6.04 Å². The summed E-state index contributed by atoms with van der Waals surface area (Å²) in [5.41, 5.74) is 8.30. The van der Waals surface area contributed by atoms with Crippen LogP contribution in [0.25, 0.3) is 0 Å². The lowest BCUT2D eigenvalue weighted by atomic mass is 10.1. The van der Waals surface area contributed by atoms with Crippen LogP contribution in [0.1, 0.15) is 69.5 Å². The number of benzene rings is 1. The second-order valence-electron chi connectivity index (χ2n) is 5.45. The van der Waals surface area contributed by atoms with Crippen molar-refractivity contribution >= 4 is 0 Å². The van der Waals surface area contributed by atoms with Gasteiger partial charge in [0.15, 0.2) is 0 Å². The van der Waals surface area contributed by atoms with Crippen molar-refractivity contribution < 1.29 is 4.74 Å². The first-order valence-corrected chi connectivity index (χ1v) is 7.64. The molecule has 0 fully saturated rings. The van der Waals surface area contributed by atoms with E-state index in [9.17, 15) is 0 Å². The molecule has 0 aliphatic heterocycles. The van der Waals surface area contributed by atoms with E-state index in [2.05, 4.69) is 32.0 Å². The smallest absolute Gasteiger partial charge is 0.124 e. The first-order valence-electron chi connectivity index (χ1n) is 7.64. The van der Waals surface area contributed by atoms with Crippen molar-refractivity contribution in [1.82, 2.24) is 0 Å². The molecule has 0 aliphatic carbocycles. The molecule has 0 radical (unpaired) electrons. The van der Waals surface area contributed by atoms with E-state index in [0.29, 0.717) is 0 Å². The summed E-state index contributed by atoms with van der Waals surface area (Å²) in [6, 6.07) is 6.29. The van der Waals surface area contributed by atoms with E-state index in [1.54, 1.807) is 0 Å². The Hall–Kier alpha value is -1.02. The van der Waals surface area contributed by atoms with E-state index in [0.717, 1.165) is 24.3 Å². The van der Waals surface area contributed by atoms with Crippen LogP contribution in [0.5, 0.6) is 5.75 Å². The zero-order valence-corrected chi connectivity index (χ0v) is 12.7. The van der Waals surface area contributed by atoms with Crippen molar-refractivity contribution in [3.8, 4) is 5.75 Å². The van der Waals surface area contributed by atoms with Gasteiger partial charge in [-0.1, -0.05) is 51.2 Å². The van der Waals surface area contributed by atoms with Crippen LogP contribution >= 0.6 is 0 Å². The third-order valence-electron chi connectivity index (χ3n) is 3.42. The summed E-state index contributed by atoms with van der Waals surface area (Å²) in [6.07, 6.45) is 7.73. The molecule has 19 heavy (non-hydrogen) atoms. The Morgan fingerprint density at radius 1 is 1.11 bits per heavy atom. The van der Waals surface area contributed by atoms with E-state index in [1.807, 2.05) is 6.92 Å². The van der Waals surface area contributed by atoms with Crippen molar-refractivity contribution in [1.29, 1.82) is 0 Å². The van der Waals surface area contributed by atoms with Crippen molar-refractivity contribution in [2.75, 3.05) is 6.61 Å². The van der Waals surface area contributed by atoms with E-state index in [1.165, 1.54) is 37.7 Å². The Morgan fingerprint density at radius 3 is 2.47 bits per heavy atom. The molecule has 0 heterocycles. The van der Waals surface area contributed by atoms with Gasteiger partial charge in [-0.25, -0.2) is 0 Å². The van der Waals surface area contributed by atoms with Crippen LogP contribution in [0.4, 0.5) is 0 Å². The zero-order valence-electron chi connectivity index (χ0n) is 12.7. The van der Waals surface area contributed by atoms with E-state index >= 15 is 0 Å². The largest absolute Gasteiger partial charge is 0.493 e. The molecule has 0 aliphatic rings. The minimum absolute atomic E-state index is 0.0279. The van der Waals surface area contributed by atoms with Crippen LogP contribution in [0.2, 0.25) is 0 Å². The summed E-state index contributed by atoms with van der Waals surface area (Å²) in [7, 11) is 0. The quantitative estimate of drug-likeness (QED) is 0.652. The van der Waals surface area contributed by atoms with Crippen molar-refractivity contribution in [3.05, 3.63) is 29.3 Å². The molecule has 2 N–H and O–H groups in total. The molecule has 2 nitrogen and oxygen atoms in total. The van der Waals surface area contributed by atoms with Crippen LogP contribution in [-0.2, 0) is 0 Å². The Balaban J connectivity index is 2.34. The molecule has 0 saturated heterocycles. The van der Waals surface area contributed by atoms with Gasteiger partial charge in [-0.15, -0.1) is 0 Å². The van der Waals surface area contributed by atoms with Gasteiger partial charge in [0.25, 0.3) is 0 Å². The van der Waals surface area contributed by atoms with Crippen molar-refractivity contribution in [2.24, 2.45) is 5.73 Å². The highest BCUT2D eigenvalue weighted by Crippen LogP contribution is 2.25. The van der Waals surface area contributed by atoms with Gasteiger partial charge in [-0.3, -0.25) is 0 Å². The maximum atomic E-state index is 5.97. The molecule has 0 aromatic heterocycles. The first kappa shape index (κ1) is 16.0. The second-order valence-corrected chi connectivity index (χ2v) is 5.45. The number of aryl methyl sites for hydroxylation is 1. The van der Waals surface area contributed by atoms with Gasteiger partial charge in [0, 0.05) is 11.6 Å². The van der Waals surface area contributed by atoms with Crippen molar-refractivity contribution in [2.45, 2.75) is 65.3 Å². The van der Waals surface area contributed by atoms with Crippen LogP contribution in [0.3, 0.4) is 0 Å². The lowest BCUT2D eigenvalue weighted by Gasteiger charge is -2.14. The molecule has 2 heteroatoms. The molecule has 1 atom stereocenters. The zero-order chi connectivity index (χ0) is 14.1. The maximum absolute atomic E-state index is 5.97. The van der Waals surface area contributed by atoms with Gasteiger partial charge in [-0.2, -0.15) is 0 Å². The third kappa shape index (κ3) is 6.11. The molecule has 0 spiro atoms. The van der Waals surface area contributed by atoms with Gasteiger partial charge in [0.1, 0.15) is 5.75 Å². The Labute approximate surface area is 118 Å². The number of hydrogen-bond donors (Lipinski definition) is 1. The molecule has 0 saturated carbocycles. The number of hydrogen-bond acceptors (Lipinski definition) is 2. The lowest BCUT2D eigenvalue weighted by molar-refractivity contribution is 0.300. The highest BCUT2D eigenvalue weighted by atomic mass is 16.5. The highest BCUT2D eigenvalue weighted by molar-refractivity contribution is 5.38.